The molecule has 3 N–H and O–H groups in total. The number of hydrogen-bond donors (Lipinski definition) is 2. The Labute approximate surface area is 109 Å². The first-order chi connectivity index (χ1) is 8.69. The van der Waals surface area contributed by atoms with Crippen LogP contribution in [0.25, 0.3) is 0 Å². The van der Waals surface area contributed by atoms with Crippen molar-refractivity contribution in [3.05, 3.63) is 35.4 Å². The van der Waals surface area contributed by atoms with Crippen LogP contribution in [0.2, 0.25) is 0 Å². The van der Waals surface area contributed by atoms with Gasteiger partial charge in [0.15, 0.2) is 0 Å². The molecule has 1 amide bonds. The second-order valence-corrected chi connectivity index (χ2v) is 5.19. The standard InChI is InChI=1S/C15H22N2O/c1-2-5-13(16)10-15(18)17-14-8-11-6-3-4-7-12(11)9-14/h3-4,6-7,13-14H,2,5,8-10,16H2,1H3,(H,17,18). The molecule has 18 heavy (non-hydrogen) atoms. The lowest BCUT2D eigenvalue weighted by Crippen LogP contribution is -2.38. The first-order valence-electron chi connectivity index (χ1n) is 6.80. The highest BCUT2D eigenvalue weighted by atomic mass is 16.1. The third kappa shape index (κ3) is 3.33. The highest BCUT2D eigenvalue weighted by molar-refractivity contribution is 5.77. The molecule has 1 atom stereocenters. The van der Waals surface area contributed by atoms with Crippen LogP contribution >= 0.6 is 0 Å². The predicted molar refractivity (Wildman–Crippen MR) is 73.3 cm³/mol. The first-order valence-corrected chi connectivity index (χ1v) is 6.80. The van der Waals surface area contributed by atoms with Gasteiger partial charge in [-0.2, -0.15) is 0 Å². The summed E-state index contributed by atoms with van der Waals surface area (Å²) in [6, 6.07) is 8.65. The summed E-state index contributed by atoms with van der Waals surface area (Å²) in [5, 5.41) is 3.10. The largest absolute Gasteiger partial charge is 0.353 e. The zero-order valence-electron chi connectivity index (χ0n) is 11.0. The molecule has 0 saturated heterocycles. The second kappa shape index (κ2) is 6.01. The molecule has 0 spiro atoms. The summed E-state index contributed by atoms with van der Waals surface area (Å²) < 4.78 is 0. The fourth-order valence-electron chi connectivity index (χ4n) is 2.66. The number of hydrogen-bond acceptors (Lipinski definition) is 2. The van der Waals surface area contributed by atoms with Crippen LogP contribution in [0.1, 0.15) is 37.3 Å². The van der Waals surface area contributed by atoms with Gasteiger partial charge in [0.25, 0.3) is 0 Å². The molecule has 0 aromatic heterocycles. The number of amides is 1. The number of carbonyl (C=O) groups is 1. The minimum atomic E-state index is -0.00113. The summed E-state index contributed by atoms with van der Waals surface area (Å²) in [7, 11) is 0. The lowest BCUT2D eigenvalue weighted by atomic mass is 10.1. The normalized spacial score (nSPS) is 16.3. The Morgan fingerprint density at radius 1 is 1.39 bits per heavy atom. The highest BCUT2D eigenvalue weighted by Gasteiger charge is 2.22. The molecular weight excluding hydrogens is 224 g/mol. The van der Waals surface area contributed by atoms with Crippen molar-refractivity contribution in [1.29, 1.82) is 0 Å². The lowest BCUT2D eigenvalue weighted by molar-refractivity contribution is -0.122. The van der Waals surface area contributed by atoms with E-state index in [1.165, 1.54) is 11.1 Å². The van der Waals surface area contributed by atoms with Gasteiger partial charge in [0.2, 0.25) is 5.91 Å². The van der Waals surface area contributed by atoms with Crippen LogP contribution in [0.15, 0.2) is 24.3 Å². The molecule has 1 unspecified atom stereocenters. The van der Waals surface area contributed by atoms with Crippen LogP contribution in [-0.2, 0) is 17.6 Å². The van der Waals surface area contributed by atoms with E-state index in [1.807, 2.05) is 0 Å². The fourth-order valence-corrected chi connectivity index (χ4v) is 2.66. The molecule has 3 nitrogen and oxygen atoms in total. The minimum Gasteiger partial charge on any atom is -0.353 e. The van der Waals surface area contributed by atoms with Crippen LogP contribution in [0, 0.1) is 0 Å². The number of nitrogens with two attached hydrogens (primary N) is 1. The van der Waals surface area contributed by atoms with Crippen molar-refractivity contribution < 1.29 is 4.79 Å². The summed E-state index contributed by atoms with van der Waals surface area (Å²) >= 11 is 0. The molecule has 1 aliphatic carbocycles. The Bertz CT molecular complexity index is 392. The van der Waals surface area contributed by atoms with E-state index in [0.29, 0.717) is 6.42 Å². The smallest absolute Gasteiger partial charge is 0.221 e. The number of benzene rings is 1. The topological polar surface area (TPSA) is 55.1 Å². The van der Waals surface area contributed by atoms with E-state index in [0.717, 1.165) is 25.7 Å². The van der Waals surface area contributed by atoms with Crippen molar-refractivity contribution in [2.75, 3.05) is 0 Å². The van der Waals surface area contributed by atoms with E-state index in [9.17, 15) is 4.79 Å². The lowest BCUT2D eigenvalue weighted by Gasteiger charge is -2.14. The third-order valence-corrected chi connectivity index (χ3v) is 3.52. The van der Waals surface area contributed by atoms with Crippen LogP contribution in [0.3, 0.4) is 0 Å². The van der Waals surface area contributed by atoms with Gasteiger partial charge in [0, 0.05) is 18.5 Å². The van der Waals surface area contributed by atoms with Crippen LogP contribution in [0.5, 0.6) is 0 Å². The van der Waals surface area contributed by atoms with Crippen LogP contribution < -0.4 is 11.1 Å². The van der Waals surface area contributed by atoms with Crippen molar-refractivity contribution >= 4 is 5.91 Å². The Hall–Kier alpha value is -1.35. The Kier molecular flexibility index (Phi) is 4.37. The molecule has 0 saturated carbocycles. The van der Waals surface area contributed by atoms with E-state index >= 15 is 0 Å². The molecule has 2 rings (SSSR count). The third-order valence-electron chi connectivity index (χ3n) is 3.52. The predicted octanol–water partition coefficient (Wildman–Crippen LogP) is 1.79. The van der Waals surface area contributed by atoms with E-state index in [1.54, 1.807) is 0 Å². The van der Waals surface area contributed by atoms with Gasteiger partial charge in [-0.15, -0.1) is 0 Å². The van der Waals surface area contributed by atoms with Gasteiger partial charge in [-0.05, 0) is 30.4 Å². The molecular formula is C15H22N2O. The molecule has 0 bridgehead atoms. The fraction of sp³-hybridized carbons (Fsp3) is 0.533. The maximum absolute atomic E-state index is 11.8. The Balaban J connectivity index is 1.81. The van der Waals surface area contributed by atoms with Crippen molar-refractivity contribution in [2.45, 2.75) is 51.1 Å². The average molecular weight is 246 g/mol. The average Bonchev–Trinajstić information content (AvgIpc) is 2.70. The van der Waals surface area contributed by atoms with Crippen molar-refractivity contribution in [3.8, 4) is 0 Å². The Morgan fingerprint density at radius 3 is 2.56 bits per heavy atom. The second-order valence-electron chi connectivity index (χ2n) is 5.19. The summed E-state index contributed by atoms with van der Waals surface area (Å²) in [6.45, 7) is 2.09. The number of nitrogens with one attached hydrogen (secondary N) is 1. The van der Waals surface area contributed by atoms with Crippen LogP contribution in [-0.4, -0.2) is 18.0 Å². The molecule has 1 aromatic carbocycles. The van der Waals surface area contributed by atoms with Gasteiger partial charge in [-0.3, -0.25) is 4.79 Å². The van der Waals surface area contributed by atoms with Gasteiger partial charge in [-0.1, -0.05) is 37.6 Å². The quantitative estimate of drug-likeness (QED) is 0.832. The SMILES string of the molecule is CCCC(N)CC(=O)NC1Cc2ccccc2C1. The molecule has 98 valence electrons. The summed E-state index contributed by atoms with van der Waals surface area (Å²) in [5.41, 5.74) is 8.61. The molecule has 1 aliphatic rings. The molecule has 0 aliphatic heterocycles. The Morgan fingerprint density at radius 2 is 2.00 bits per heavy atom. The summed E-state index contributed by atoms with van der Waals surface area (Å²) in [6.07, 6.45) is 4.29. The summed E-state index contributed by atoms with van der Waals surface area (Å²) in [5.74, 6) is 0.0914. The first kappa shape index (κ1) is 13.1. The monoisotopic (exact) mass is 246 g/mol. The molecule has 0 heterocycles. The van der Waals surface area contributed by atoms with Gasteiger partial charge < -0.3 is 11.1 Å². The summed E-state index contributed by atoms with van der Waals surface area (Å²) in [4.78, 5) is 11.8. The molecule has 1 aromatic rings. The van der Waals surface area contributed by atoms with Gasteiger partial charge >= 0.3 is 0 Å². The zero-order chi connectivity index (χ0) is 13.0. The number of carbonyl (C=O) groups excluding carboxylic acids is 1. The maximum atomic E-state index is 11.8. The number of rotatable bonds is 5. The van der Waals surface area contributed by atoms with Crippen molar-refractivity contribution in [1.82, 2.24) is 5.32 Å². The minimum absolute atomic E-state index is 0.00113. The molecule has 0 fully saturated rings. The van der Waals surface area contributed by atoms with Crippen molar-refractivity contribution in [3.63, 3.8) is 0 Å². The van der Waals surface area contributed by atoms with E-state index in [2.05, 4.69) is 36.5 Å². The van der Waals surface area contributed by atoms with E-state index in [-0.39, 0.29) is 18.0 Å². The molecule has 0 radical (unpaired) electrons. The van der Waals surface area contributed by atoms with E-state index in [4.69, 9.17) is 5.73 Å². The zero-order valence-corrected chi connectivity index (χ0v) is 11.0. The highest BCUT2D eigenvalue weighted by Crippen LogP contribution is 2.21. The van der Waals surface area contributed by atoms with Crippen molar-refractivity contribution in [2.24, 2.45) is 5.73 Å². The van der Waals surface area contributed by atoms with Gasteiger partial charge in [0.05, 0.1) is 0 Å². The van der Waals surface area contributed by atoms with Crippen LogP contribution in [0.4, 0.5) is 0 Å². The molecule has 3 heteroatoms. The van der Waals surface area contributed by atoms with Gasteiger partial charge in [0.1, 0.15) is 0 Å². The maximum Gasteiger partial charge on any atom is 0.221 e. The number of fused-ring (bicyclic) bond motifs is 1. The van der Waals surface area contributed by atoms with Gasteiger partial charge in [-0.25, -0.2) is 0 Å². The van der Waals surface area contributed by atoms with E-state index < -0.39 is 0 Å².